The summed E-state index contributed by atoms with van der Waals surface area (Å²) >= 11 is 0. The summed E-state index contributed by atoms with van der Waals surface area (Å²) in [7, 11) is 2.02. The maximum atomic E-state index is 12.8. The number of nitrogens with one attached hydrogen (secondary N) is 1. The van der Waals surface area contributed by atoms with E-state index in [1.54, 1.807) is 0 Å². The first kappa shape index (κ1) is 13.9. The van der Waals surface area contributed by atoms with E-state index < -0.39 is 0 Å². The summed E-state index contributed by atoms with van der Waals surface area (Å²) in [4.78, 5) is 14.8. The molecule has 2 aliphatic rings. The van der Waals surface area contributed by atoms with Crippen LogP contribution in [0.15, 0.2) is 0 Å². The van der Waals surface area contributed by atoms with Crippen molar-refractivity contribution in [3.8, 4) is 0 Å². The minimum absolute atomic E-state index is 0.176. The van der Waals surface area contributed by atoms with E-state index in [4.69, 9.17) is 0 Å². The largest absolute Gasteiger partial charge is 0.342 e. The van der Waals surface area contributed by atoms with Crippen molar-refractivity contribution in [2.45, 2.75) is 58.4 Å². The maximum Gasteiger partial charge on any atom is 0.229 e. The number of hydrogen-bond acceptors (Lipinski definition) is 2. The van der Waals surface area contributed by atoms with Gasteiger partial charge < -0.3 is 10.2 Å². The molecule has 1 saturated carbocycles. The zero-order valence-corrected chi connectivity index (χ0v) is 12.2. The first-order chi connectivity index (χ1) is 8.54. The van der Waals surface area contributed by atoms with E-state index in [1.807, 2.05) is 7.05 Å². The molecule has 0 aromatic carbocycles. The number of carbonyl (C=O) groups is 1. The molecule has 0 aromatic heterocycles. The van der Waals surface area contributed by atoms with Crippen LogP contribution in [-0.2, 0) is 4.79 Å². The summed E-state index contributed by atoms with van der Waals surface area (Å²) < 4.78 is 0. The molecule has 104 valence electrons. The van der Waals surface area contributed by atoms with Crippen molar-refractivity contribution in [1.29, 1.82) is 0 Å². The van der Waals surface area contributed by atoms with Gasteiger partial charge in [0.25, 0.3) is 0 Å². The third-order valence-electron chi connectivity index (χ3n) is 5.00. The second kappa shape index (κ2) is 5.60. The van der Waals surface area contributed by atoms with Crippen LogP contribution in [0.1, 0.15) is 52.4 Å². The lowest BCUT2D eigenvalue weighted by Gasteiger charge is -2.42. The Balaban J connectivity index is 2.02. The number of nitrogens with zero attached hydrogens (tertiary/aromatic N) is 1. The topological polar surface area (TPSA) is 32.3 Å². The van der Waals surface area contributed by atoms with Gasteiger partial charge in [-0.15, -0.1) is 0 Å². The van der Waals surface area contributed by atoms with Crippen LogP contribution in [0, 0.1) is 11.3 Å². The smallest absolute Gasteiger partial charge is 0.229 e. The first-order valence-corrected chi connectivity index (χ1v) is 7.52. The van der Waals surface area contributed by atoms with Crippen molar-refractivity contribution >= 4 is 5.91 Å². The van der Waals surface area contributed by atoms with Gasteiger partial charge in [0, 0.05) is 19.6 Å². The van der Waals surface area contributed by atoms with Gasteiger partial charge in [-0.1, -0.05) is 19.8 Å². The Hall–Kier alpha value is -0.570. The van der Waals surface area contributed by atoms with Crippen LogP contribution < -0.4 is 5.32 Å². The third kappa shape index (κ3) is 2.71. The van der Waals surface area contributed by atoms with Gasteiger partial charge in [-0.2, -0.15) is 0 Å². The van der Waals surface area contributed by atoms with Gasteiger partial charge in [0.15, 0.2) is 0 Å². The second-order valence-corrected chi connectivity index (χ2v) is 6.59. The van der Waals surface area contributed by atoms with Crippen LogP contribution in [-0.4, -0.2) is 37.0 Å². The Kier molecular flexibility index (Phi) is 4.31. The lowest BCUT2D eigenvalue weighted by atomic mass is 9.79. The van der Waals surface area contributed by atoms with Gasteiger partial charge in [-0.25, -0.2) is 0 Å². The Labute approximate surface area is 111 Å². The van der Waals surface area contributed by atoms with Crippen LogP contribution in [0.2, 0.25) is 0 Å². The average molecular weight is 252 g/mol. The highest BCUT2D eigenvalue weighted by Crippen LogP contribution is 2.33. The van der Waals surface area contributed by atoms with Crippen LogP contribution >= 0.6 is 0 Å². The maximum absolute atomic E-state index is 12.8. The fourth-order valence-corrected chi connectivity index (χ4v) is 3.69. The molecule has 3 nitrogen and oxygen atoms in total. The number of piperidine rings is 1. The monoisotopic (exact) mass is 252 g/mol. The molecule has 3 heteroatoms. The van der Waals surface area contributed by atoms with Gasteiger partial charge >= 0.3 is 0 Å². The third-order valence-corrected chi connectivity index (χ3v) is 5.00. The second-order valence-electron chi connectivity index (χ2n) is 6.59. The fourth-order valence-electron chi connectivity index (χ4n) is 3.69. The summed E-state index contributed by atoms with van der Waals surface area (Å²) in [6, 6.07) is 0.463. The summed E-state index contributed by atoms with van der Waals surface area (Å²) in [5.41, 5.74) is -0.176. The Morgan fingerprint density at radius 1 is 1.28 bits per heavy atom. The van der Waals surface area contributed by atoms with Crippen molar-refractivity contribution < 1.29 is 4.79 Å². The molecule has 3 unspecified atom stereocenters. The minimum atomic E-state index is -0.176. The lowest BCUT2D eigenvalue weighted by molar-refractivity contribution is -0.144. The van der Waals surface area contributed by atoms with Crippen molar-refractivity contribution in [1.82, 2.24) is 10.2 Å². The zero-order chi connectivity index (χ0) is 13.2. The molecule has 1 N–H and O–H groups in total. The summed E-state index contributed by atoms with van der Waals surface area (Å²) in [6.07, 6.45) is 7.23. The molecule has 0 bridgehead atoms. The van der Waals surface area contributed by atoms with E-state index in [2.05, 4.69) is 24.1 Å². The van der Waals surface area contributed by atoms with Gasteiger partial charge in [0.05, 0.1) is 5.41 Å². The van der Waals surface area contributed by atoms with Gasteiger partial charge in [0.2, 0.25) is 5.91 Å². The predicted octanol–water partition coefficient (Wildman–Crippen LogP) is 2.41. The summed E-state index contributed by atoms with van der Waals surface area (Å²) in [5, 5.41) is 3.38. The molecule has 3 atom stereocenters. The number of hydrogen-bond donors (Lipinski definition) is 1. The van der Waals surface area contributed by atoms with Crippen molar-refractivity contribution in [3.63, 3.8) is 0 Å². The van der Waals surface area contributed by atoms with E-state index in [1.165, 1.54) is 25.7 Å². The van der Waals surface area contributed by atoms with Crippen LogP contribution in [0.25, 0.3) is 0 Å². The molecular weight excluding hydrogens is 224 g/mol. The van der Waals surface area contributed by atoms with Crippen molar-refractivity contribution in [2.24, 2.45) is 11.3 Å². The zero-order valence-electron chi connectivity index (χ0n) is 12.2. The quantitative estimate of drug-likeness (QED) is 0.818. The highest BCUT2D eigenvalue weighted by Gasteiger charge is 2.39. The van der Waals surface area contributed by atoms with E-state index in [-0.39, 0.29) is 5.41 Å². The molecule has 2 fully saturated rings. The molecule has 2 rings (SSSR count). The predicted molar refractivity (Wildman–Crippen MR) is 74.4 cm³/mol. The van der Waals surface area contributed by atoms with E-state index in [9.17, 15) is 4.79 Å². The molecule has 0 radical (unpaired) electrons. The van der Waals surface area contributed by atoms with Crippen molar-refractivity contribution in [3.05, 3.63) is 0 Å². The highest BCUT2D eigenvalue weighted by molar-refractivity contribution is 5.82. The summed E-state index contributed by atoms with van der Waals surface area (Å²) in [6.45, 7) is 6.34. The molecule has 18 heavy (non-hydrogen) atoms. The normalized spacial score (nSPS) is 37.3. The van der Waals surface area contributed by atoms with E-state index >= 15 is 0 Å². The molecule has 1 heterocycles. The van der Waals surface area contributed by atoms with Gasteiger partial charge in [-0.3, -0.25) is 4.79 Å². The number of amides is 1. The van der Waals surface area contributed by atoms with Crippen LogP contribution in [0.3, 0.4) is 0 Å². The molecule has 0 spiro atoms. The van der Waals surface area contributed by atoms with Crippen LogP contribution in [0.4, 0.5) is 0 Å². The minimum Gasteiger partial charge on any atom is -0.342 e. The summed E-state index contributed by atoms with van der Waals surface area (Å²) in [5.74, 6) is 1.02. The lowest BCUT2D eigenvalue weighted by Crippen LogP contribution is -2.53. The van der Waals surface area contributed by atoms with E-state index in [0.717, 1.165) is 25.9 Å². The molecule has 1 aliphatic heterocycles. The van der Waals surface area contributed by atoms with Gasteiger partial charge in [0.1, 0.15) is 0 Å². The standard InChI is InChI=1S/C15H28N2O/c1-12-7-4-5-8-13(12)17(3)14(18)15(2)9-6-10-16-11-15/h12-13,16H,4-11H2,1-3H3. The van der Waals surface area contributed by atoms with E-state index in [0.29, 0.717) is 17.9 Å². The number of carbonyl (C=O) groups excluding carboxylic acids is 1. The van der Waals surface area contributed by atoms with Gasteiger partial charge in [-0.05, 0) is 45.1 Å². The Morgan fingerprint density at radius 3 is 2.61 bits per heavy atom. The highest BCUT2D eigenvalue weighted by atomic mass is 16.2. The average Bonchev–Trinajstić information content (AvgIpc) is 2.38. The first-order valence-electron chi connectivity index (χ1n) is 7.52. The van der Waals surface area contributed by atoms with Crippen LogP contribution in [0.5, 0.6) is 0 Å². The molecular formula is C15H28N2O. The fraction of sp³-hybridized carbons (Fsp3) is 0.933. The molecule has 1 amide bonds. The molecule has 1 saturated heterocycles. The SMILES string of the molecule is CC1CCCCC1N(C)C(=O)C1(C)CCCNC1. The Morgan fingerprint density at radius 2 is 2.00 bits per heavy atom. The molecule has 0 aromatic rings. The Bertz CT molecular complexity index is 297. The number of rotatable bonds is 2. The van der Waals surface area contributed by atoms with Crippen molar-refractivity contribution in [2.75, 3.05) is 20.1 Å². The molecule has 1 aliphatic carbocycles.